The van der Waals surface area contributed by atoms with E-state index < -0.39 is 0 Å². The molecule has 1 rings (SSSR count). The highest BCUT2D eigenvalue weighted by atomic mass is 32.1. The molecule has 1 aromatic rings. The Labute approximate surface area is 132 Å². The molecule has 0 aliphatic rings. The van der Waals surface area contributed by atoms with Crippen molar-refractivity contribution in [2.45, 2.75) is 46.2 Å². The van der Waals surface area contributed by atoms with E-state index in [-0.39, 0.29) is 11.9 Å². The fourth-order valence-electron chi connectivity index (χ4n) is 2.27. The van der Waals surface area contributed by atoms with E-state index in [4.69, 9.17) is 18.0 Å². The number of nitrogens with one attached hydrogen (secondary N) is 1. The van der Waals surface area contributed by atoms with Crippen LogP contribution < -0.4 is 11.1 Å². The van der Waals surface area contributed by atoms with Crippen molar-refractivity contribution in [3.63, 3.8) is 0 Å². The molecule has 4 nitrogen and oxygen atoms in total. The lowest BCUT2D eigenvalue weighted by Crippen LogP contribution is -2.46. The number of nitrogens with zero attached hydrogens (tertiary/aromatic N) is 1. The highest BCUT2D eigenvalue weighted by molar-refractivity contribution is 7.80. The van der Waals surface area contributed by atoms with Gasteiger partial charge in [0.05, 0.1) is 6.04 Å². The van der Waals surface area contributed by atoms with Crippen molar-refractivity contribution < 1.29 is 4.79 Å². The fraction of sp³-hybridized carbons (Fsp3) is 0.500. The van der Waals surface area contributed by atoms with Gasteiger partial charge in [0.2, 0.25) is 5.91 Å². The van der Waals surface area contributed by atoms with Gasteiger partial charge in [-0.05, 0) is 58.0 Å². The van der Waals surface area contributed by atoms with Crippen molar-refractivity contribution >= 4 is 28.8 Å². The standard InChI is InChI=1S/C16H25N3OS/c1-5-10-19(11(2)3)12(4)16(20)18-14-8-6-13(7-9-14)15(17)21/h6-9,11-12H,5,10H2,1-4H3,(H2,17,21)(H,18,20). The molecular weight excluding hydrogens is 282 g/mol. The second-order valence-electron chi connectivity index (χ2n) is 5.44. The lowest BCUT2D eigenvalue weighted by atomic mass is 10.1. The summed E-state index contributed by atoms with van der Waals surface area (Å²) in [6.07, 6.45) is 1.03. The van der Waals surface area contributed by atoms with Gasteiger partial charge in [0.25, 0.3) is 0 Å². The minimum atomic E-state index is -0.166. The Morgan fingerprint density at radius 1 is 1.29 bits per heavy atom. The van der Waals surface area contributed by atoms with Gasteiger partial charge >= 0.3 is 0 Å². The van der Waals surface area contributed by atoms with E-state index in [0.29, 0.717) is 11.0 Å². The molecule has 0 aliphatic heterocycles. The summed E-state index contributed by atoms with van der Waals surface area (Å²) in [6, 6.07) is 7.43. The van der Waals surface area contributed by atoms with Gasteiger partial charge in [-0.25, -0.2) is 0 Å². The van der Waals surface area contributed by atoms with Crippen molar-refractivity contribution in [3.8, 4) is 0 Å². The molecule has 1 unspecified atom stereocenters. The zero-order valence-corrected chi connectivity index (χ0v) is 14.0. The van der Waals surface area contributed by atoms with E-state index in [1.165, 1.54) is 0 Å². The Bertz CT molecular complexity index is 485. The third kappa shape index (κ3) is 5.10. The van der Waals surface area contributed by atoms with Gasteiger partial charge in [-0.2, -0.15) is 0 Å². The number of benzene rings is 1. The molecule has 0 radical (unpaired) electrons. The molecule has 0 spiro atoms. The van der Waals surface area contributed by atoms with Crippen LogP contribution in [0.4, 0.5) is 5.69 Å². The largest absolute Gasteiger partial charge is 0.389 e. The van der Waals surface area contributed by atoms with Crippen LogP contribution in [0.5, 0.6) is 0 Å². The molecule has 1 atom stereocenters. The topological polar surface area (TPSA) is 58.4 Å². The van der Waals surface area contributed by atoms with E-state index in [2.05, 4.69) is 31.0 Å². The van der Waals surface area contributed by atoms with Crippen molar-refractivity contribution in [2.75, 3.05) is 11.9 Å². The molecule has 0 aromatic heterocycles. The summed E-state index contributed by atoms with van der Waals surface area (Å²) in [5.74, 6) is 0.000208. The first-order valence-electron chi connectivity index (χ1n) is 7.33. The van der Waals surface area contributed by atoms with Crippen LogP contribution in [0.15, 0.2) is 24.3 Å². The summed E-state index contributed by atoms with van der Waals surface area (Å²) in [7, 11) is 0. The minimum Gasteiger partial charge on any atom is -0.389 e. The van der Waals surface area contributed by atoms with Crippen LogP contribution in [0.25, 0.3) is 0 Å². The summed E-state index contributed by atoms with van der Waals surface area (Å²) < 4.78 is 0. The monoisotopic (exact) mass is 307 g/mol. The van der Waals surface area contributed by atoms with Crippen LogP contribution in [0, 0.1) is 0 Å². The van der Waals surface area contributed by atoms with Crippen LogP contribution in [0.3, 0.4) is 0 Å². The molecule has 0 aliphatic carbocycles. The Balaban J connectivity index is 2.72. The molecule has 3 N–H and O–H groups in total. The molecule has 1 aromatic carbocycles. The number of hydrogen-bond donors (Lipinski definition) is 2. The van der Waals surface area contributed by atoms with Gasteiger partial charge in [-0.15, -0.1) is 0 Å². The first kappa shape index (κ1) is 17.6. The van der Waals surface area contributed by atoms with Gasteiger partial charge in [-0.3, -0.25) is 9.69 Å². The Morgan fingerprint density at radius 2 is 1.86 bits per heavy atom. The molecule has 1 amide bonds. The molecule has 116 valence electrons. The minimum absolute atomic E-state index is 0.000208. The number of carbonyl (C=O) groups is 1. The van der Waals surface area contributed by atoms with Gasteiger partial charge in [-0.1, -0.05) is 19.1 Å². The average Bonchev–Trinajstić information content (AvgIpc) is 2.44. The number of nitrogens with two attached hydrogens (primary N) is 1. The highest BCUT2D eigenvalue weighted by Gasteiger charge is 2.22. The zero-order valence-electron chi connectivity index (χ0n) is 13.2. The summed E-state index contributed by atoms with van der Waals surface area (Å²) in [4.78, 5) is 14.9. The number of carbonyl (C=O) groups excluding carboxylic acids is 1. The molecule has 0 fully saturated rings. The smallest absolute Gasteiger partial charge is 0.241 e. The van der Waals surface area contributed by atoms with Crippen molar-refractivity contribution in [1.82, 2.24) is 4.90 Å². The third-order valence-electron chi connectivity index (χ3n) is 3.46. The van der Waals surface area contributed by atoms with Gasteiger partial charge in [0.15, 0.2) is 0 Å². The third-order valence-corrected chi connectivity index (χ3v) is 3.69. The first-order valence-corrected chi connectivity index (χ1v) is 7.74. The maximum absolute atomic E-state index is 12.3. The average molecular weight is 307 g/mol. The molecule has 5 heteroatoms. The quantitative estimate of drug-likeness (QED) is 0.761. The van der Waals surface area contributed by atoms with Crippen LogP contribution in [-0.2, 0) is 4.79 Å². The summed E-state index contributed by atoms with van der Waals surface area (Å²) in [5, 5.41) is 2.94. The van der Waals surface area contributed by atoms with Crippen LogP contribution in [0.2, 0.25) is 0 Å². The number of rotatable bonds is 7. The van der Waals surface area contributed by atoms with Crippen LogP contribution in [0.1, 0.15) is 39.7 Å². The van der Waals surface area contributed by atoms with Crippen molar-refractivity contribution in [2.24, 2.45) is 5.73 Å². The molecular formula is C16H25N3OS. The van der Waals surface area contributed by atoms with E-state index in [1.807, 2.05) is 31.2 Å². The zero-order chi connectivity index (χ0) is 16.0. The second kappa shape index (κ2) is 8.10. The van der Waals surface area contributed by atoms with E-state index >= 15 is 0 Å². The molecule has 0 saturated heterocycles. The van der Waals surface area contributed by atoms with Crippen LogP contribution >= 0.6 is 12.2 Å². The predicted octanol–water partition coefficient (Wildman–Crippen LogP) is 2.77. The van der Waals surface area contributed by atoms with Gasteiger partial charge in [0, 0.05) is 17.3 Å². The number of amides is 1. The van der Waals surface area contributed by atoms with E-state index in [0.717, 1.165) is 24.2 Å². The summed E-state index contributed by atoms with van der Waals surface area (Å²) in [5.41, 5.74) is 7.11. The number of thiocarbonyl (C=S) groups is 1. The van der Waals surface area contributed by atoms with Crippen LogP contribution in [-0.4, -0.2) is 34.4 Å². The maximum Gasteiger partial charge on any atom is 0.241 e. The number of anilines is 1. The highest BCUT2D eigenvalue weighted by Crippen LogP contribution is 2.13. The fourth-order valence-corrected chi connectivity index (χ4v) is 2.41. The normalized spacial score (nSPS) is 12.5. The summed E-state index contributed by atoms with van der Waals surface area (Å²) >= 11 is 4.91. The maximum atomic E-state index is 12.3. The molecule has 21 heavy (non-hydrogen) atoms. The molecule has 0 saturated carbocycles. The van der Waals surface area contributed by atoms with E-state index in [1.54, 1.807) is 0 Å². The SMILES string of the molecule is CCCN(C(C)C)C(C)C(=O)Nc1ccc(C(N)=S)cc1. The first-order chi connectivity index (χ1) is 9.86. The Hall–Kier alpha value is -1.46. The summed E-state index contributed by atoms with van der Waals surface area (Å²) in [6.45, 7) is 9.18. The Kier molecular flexibility index (Phi) is 6.78. The lowest BCUT2D eigenvalue weighted by molar-refractivity contribution is -0.121. The molecule has 0 bridgehead atoms. The van der Waals surface area contributed by atoms with Gasteiger partial charge in [0.1, 0.15) is 4.99 Å². The van der Waals surface area contributed by atoms with Gasteiger partial charge < -0.3 is 11.1 Å². The number of hydrogen-bond acceptors (Lipinski definition) is 3. The lowest BCUT2D eigenvalue weighted by Gasteiger charge is -2.31. The van der Waals surface area contributed by atoms with Crippen molar-refractivity contribution in [3.05, 3.63) is 29.8 Å². The molecule has 0 heterocycles. The second-order valence-corrected chi connectivity index (χ2v) is 5.88. The Morgan fingerprint density at radius 3 is 2.29 bits per heavy atom. The predicted molar refractivity (Wildman–Crippen MR) is 92.6 cm³/mol. The van der Waals surface area contributed by atoms with E-state index in [9.17, 15) is 4.79 Å². The van der Waals surface area contributed by atoms with Crippen molar-refractivity contribution in [1.29, 1.82) is 0 Å².